The number of piperazine rings is 1. The highest BCUT2D eigenvalue weighted by Crippen LogP contribution is 2.17. The molecule has 8 nitrogen and oxygen atoms in total. The first kappa shape index (κ1) is 15.6. The Morgan fingerprint density at radius 2 is 2.04 bits per heavy atom. The molecule has 1 aliphatic heterocycles. The van der Waals surface area contributed by atoms with Crippen molar-refractivity contribution >= 4 is 17.7 Å². The molecule has 0 bridgehead atoms. The molecule has 1 N–H and O–H groups in total. The first-order valence-corrected chi connectivity index (χ1v) is 7.35. The van der Waals surface area contributed by atoms with Crippen LogP contribution in [0.25, 0.3) is 5.69 Å². The van der Waals surface area contributed by atoms with Crippen LogP contribution in [0.5, 0.6) is 0 Å². The molecule has 3 rings (SSSR count). The molecule has 0 atom stereocenters. The molecule has 10 heteroatoms. The second-order valence-corrected chi connectivity index (χ2v) is 5.57. The normalized spacial score (nSPS) is 15.8. The van der Waals surface area contributed by atoms with Gasteiger partial charge in [0.1, 0.15) is 5.69 Å². The van der Waals surface area contributed by atoms with Gasteiger partial charge < -0.3 is 10.0 Å². The number of rotatable bonds is 3. The lowest BCUT2D eigenvalue weighted by Gasteiger charge is -2.32. The van der Waals surface area contributed by atoms with E-state index in [2.05, 4.69) is 15.4 Å². The molecule has 2 heterocycles. The van der Waals surface area contributed by atoms with Gasteiger partial charge in [-0.1, -0.05) is 11.6 Å². The Hall–Kier alpha value is -2.26. The zero-order valence-electron chi connectivity index (χ0n) is 12.1. The third kappa shape index (κ3) is 3.57. The van der Waals surface area contributed by atoms with E-state index in [4.69, 9.17) is 16.7 Å². The van der Waals surface area contributed by atoms with E-state index in [-0.39, 0.29) is 5.69 Å². The summed E-state index contributed by atoms with van der Waals surface area (Å²) >= 11 is 5.85. The van der Waals surface area contributed by atoms with Crippen molar-refractivity contribution in [2.45, 2.75) is 6.54 Å². The maximum absolute atomic E-state index is 13.8. The van der Waals surface area contributed by atoms with Crippen molar-refractivity contribution in [3.8, 4) is 5.69 Å². The molecule has 1 saturated heterocycles. The molecule has 0 spiro atoms. The van der Waals surface area contributed by atoms with E-state index >= 15 is 0 Å². The first-order valence-electron chi connectivity index (χ1n) is 6.97. The van der Waals surface area contributed by atoms with Gasteiger partial charge in [-0.2, -0.15) is 0 Å². The van der Waals surface area contributed by atoms with Crippen LogP contribution in [0, 0.1) is 5.82 Å². The van der Waals surface area contributed by atoms with Gasteiger partial charge in [0.25, 0.3) is 0 Å². The predicted octanol–water partition coefficient (Wildman–Crippen LogP) is 1.25. The lowest BCUT2D eigenvalue weighted by molar-refractivity contribution is 0.102. The number of hydrogen-bond donors (Lipinski definition) is 1. The number of tetrazole rings is 1. The SMILES string of the molecule is O=C(O)N1CCN(Cc2nnn(-c3cc(Cl)ccc3F)n2)CC1. The first-order chi connectivity index (χ1) is 11.0. The van der Waals surface area contributed by atoms with E-state index in [1.54, 1.807) is 0 Å². The van der Waals surface area contributed by atoms with Crippen molar-refractivity contribution in [1.82, 2.24) is 30.0 Å². The van der Waals surface area contributed by atoms with Gasteiger partial charge in [-0.3, -0.25) is 4.90 Å². The molecule has 0 aliphatic carbocycles. The van der Waals surface area contributed by atoms with Crippen molar-refractivity contribution in [3.05, 3.63) is 34.9 Å². The van der Waals surface area contributed by atoms with Crippen LogP contribution in [0.4, 0.5) is 9.18 Å². The van der Waals surface area contributed by atoms with E-state index < -0.39 is 11.9 Å². The van der Waals surface area contributed by atoms with Crippen LogP contribution < -0.4 is 0 Å². The quantitative estimate of drug-likeness (QED) is 0.904. The predicted molar refractivity (Wildman–Crippen MR) is 79.0 cm³/mol. The maximum atomic E-state index is 13.8. The summed E-state index contributed by atoms with van der Waals surface area (Å²) in [6, 6.07) is 4.11. The lowest BCUT2D eigenvalue weighted by atomic mass is 10.3. The van der Waals surface area contributed by atoms with Crippen molar-refractivity contribution in [1.29, 1.82) is 0 Å². The van der Waals surface area contributed by atoms with Gasteiger partial charge >= 0.3 is 6.09 Å². The Balaban J connectivity index is 1.66. The van der Waals surface area contributed by atoms with E-state index in [9.17, 15) is 9.18 Å². The Morgan fingerprint density at radius 1 is 1.30 bits per heavy atom. The minimum atomic E-state index is -0.912. The number of carboxylic acid groups (broad SMARTS) is 1. The monoisotopic (exact) mass is 340 g/mol. The number of nitrogens with zero attached hydrogens (tertiary/aromatic N) is 6. The number of hydrogen-bond acceptors (Lipinski definition) is 5. The number of amides is 1. The highest BCUT2D eigenvalue weighted by Gasteiger charge is 2.21. The molecule has 1 aliphatic rings. The summed E-state index contributed by atoms with van der Waals surface area (Å²) in [6.45, 7) is 2.48. The average Bonchev–Trinajstić information content (AvgIpc) is 2.98. The number of aromatic nitrogens is 4. The zero-order chi connectivity index (χ0) is 16.4. The van der Waals surface area contributed by atoms with E-state index in [0.717, 1.165) is 4.80 Å². The van der Waals surface area contributed by atoms with Gasteiger partial charge in [-0.15, -0.1) is 15.0 Å². The van der Waals surface area contributed by atoms with Gasteiger partial charge in [0.05, 0.1) is 6.54 Å². The van der Waals surface area contributed by atoms with Gasteiger partial charge in [0, 0.05) is 31.2 Å². The standard InChI is InChI=1S/C13H14ClFN6O2/c14-9-1-2-10(15)11(7-9)21-17-12(16-18-21)8-19-3-5-20(6-4-19)13(22)23/h1-2,7H,3-6,8H2,(H,22,23). The maximum Gasteiger partial charge on any atom is 0.407 e. The fraction of sp³-hybridized carbons (Fsp3) is 0.385. The van der Waals surface area contributed by atoms with Gasteiger partial charge in [0.2, 0.25) is 0 Å². The summed E-state index contributed by atoms with van der Waals surface area (Å²) in [5, 5.41) is 21.2. The minimum Gasteiger partial charge on any atom is -0.465 e. The minimum absolute atomic E-state index is 0.131. The molecule has 0 unspecified atom stereocenters. The molecule has 1 aromatic heterocycles. The van der Waals surface area contributed by atoms with Crippen LogP contribution in [-0.2, 0) is 6.54 Å². The molecule has 122 valence electrons. The Kier molecular flexibility index (Phi) is 4.39. The van der Waals surface area contributed by atoms with Crippen LogP contribution in [0.3, 0.4) is 0 Å². The highest BCUT2D eigenvalue weighted by molar-refractivity contribution is 6.30. The van der Waals surface area contributed by atoms with Gasteiger partial charge in [-0.25, -0.2) is 9.18 Å². The molecular formula is C13H14ClFN6O2. The van der Waals surface area contributed by atoms with Crippen LogP contribution >= 0.6 is 11.6 Å². The van der Waals surface area contributed by atoms with Crippen molar-refractivity contribution in [2.75, 3.05) is 26.2 Å². The summed E-state index contributed by atoms with van der Waals surface area (Å²) in [5.41, 5.74) is 0.131. The molecule has 0 radical (unpaired) electrons. The zero-order valence-corrected chi connectivity index (χ0v) is 12.8. The molecule has 1 aromatic carbocycles. The smallest absolute Gasteiger partial charge is 0.407 e. The van der Waals surface area contributed by atoms with Crippen molar-refractivity contribution in [3.63, 3.8) is 0 Å². The van der Waals surface area contributed by atoms with Crippen LogP contribution in [0.1, 0.15) is 5.82 Å². The molecule has 1 amide bonds. The molecule has 1 fully saturated rings. The average molecular weight is 341 g/mol. The number of carbonyl (C=O) groups is 1. The summed E-state index contributed by atoms with van der Waals surface area (Å²) in [4.78, 5) is 15.3. The number of halogens is 2. The van der Waals surface area contributed by atoms with Gasteiger partial charge in [-0.05, 0) is 23.4 Å². The van der Waals surface area contributed by atoms with Crippen LogP contribution in [0.15, 0.2) is 18.2 Å². The molecule has 0 saturated carbocycles. The lowest BCUT2D eigenvalue weighted by Crippen LogP contribution is -2.47. The fourth-order valence-corrected chi connectivity index (χ4v) is 2.51. The summed E-state index contributed by atoms with van der Waals surface area (Å²) < 4.78 is 13.8. The topological polar surface area (TPSA) is 87.4 Å². The fourth-order valence-electron chi connectivity index (χ4n) is 2.34. The van der Waals surface area contributed by atoms with Crippen molar-refractivity contribution < 1.29 is 14.3 Å². The van der Waals surface area contributed by atoms with E-state index in [1.807, 2.05) is 4.90 Å². The summed E-state index contributed by atoms with van der Waals surface area (Å²) in [5.74, 6) is -0.0541. The highest BCUT2D eigenvalue weighted by atomic mass is 35.5. The molecule has 23 heavy (non-hydrogen) atoms. The van der Waals surface area contributed by atoms with Crippen molar-refractivity contribution in [2.24, 2.45) is 0 Å². The van der Waals surface area contributed by atoms with Crippen LogP contribution in [0.2, 0.25) is 5.02 Å². The molecular weight excluding hydrogens is 327 g/mol. The van der Waals surface area contributed by atoms with Gasteiger partial charge in [0.15, 0.2) is 11.6 Å². The third-order valence-corrected chi connectivity index (χ3v) is 3.82. The largest absolute Gasteiger partial charge is 0.465 e. The summed E-state index contributed by atoms with van der Waals surface area (Å²) in [7, 11) is 0. The molecule has 2 aromatic rings. The Bertz CT molecular complexity index is 716. The Labute approximate surface area is 136 Å². The van der Waals surface area contributed by atoms with E-state index in [1.165, 1.54) is 23.1 Å². The van der Waals surface area contributed by atoms with E-state index in [0.29, 0.717) is 43.6 Å². The number of benzene rings is 1. The third-order valence-electron chi connectivity index (χ3n) is 3.59. The summed E-state index contributed by atoms with van der Waals surface area (Å²) in [6.07, 6.45) is -0.912. The Morgan fingerprint density at radius 3 is 2.74 bits per heavy atom. The van der Waals surface area contributed by atoms with Crippen LogP contribution in [-0.4, -0.2) is 67.4 Å². The second kappa shape index (κ2) is 6.47. The second-order valence-electron chi connectivity index (χ2n) is 5.14.